The summed E-state index contributed by atoms with van der Waals surface area (Å²) >= 11 is 0. The van der Waals surface area contributed by atoms with Crippen LogP contribution in [0.4, 0.5) is 13.2 Å². The molecule has 0 aromatic carbocycles. The number of carbonyl (C=O) groups is 1. The summed E-state index contributed by atoms with van der Waals surface area (Å²) in [6.45, 7) is 5.10. The standard InChI is InChI=1S/C12H16F3NO/c1-3-4-5-11(8-16-9-17)7-6-10(2)12(13,14)15/h5-7,9H,2-4,8H2,1H3,(H,16,17)/b7-6-,11-5+. The molecule has 1 amide bonds. The third kappa shape index (κ3) is 7.38. The maximum Gasteiger partial charge on any atom is 0.415 e. The third-order valence-electron chi connectivity index (χ3n) is 1.95. The van der Waals surface area contributed by atoms with Crippen molar-refractivity contribution < 1.29 is 18.0 Å². The number of alkyl halides is 3. The largest absolute Gasteiger partial charge is 0.415 e. The second-order valence-corrected chi connectivity index (χ2v) is 3.42. The first kappa shape index (κ1) is 15.5. The lowest BCUT2D eigenvalue weighted by Crippen LogP contribution is -2.14. The summed E-state index contributed by atoms with van der Waals surface area (Å²) in [6, 6.07) is 0. The molecule has 0 spiro atoms. The van der Waals surface area contributed by atoms with E-state index in [1.807, 2.05) is 6.92 Å². The molecule has 0 aromatic rings. The van der Waals surface area contributed by atoms with E-state index in [1.54, 1.807) is 6.08 Å². The van der Waals surface area contributed by atoms with Crippen molar-refractivity contribution in [3.63, 3.8) is 0 Å². The molecule has 1 N–H and O–H groups in total. The lowest BCUT2D eigenvalue weighted by atomic mass is 10.1. The molecule has 0 atom stereocenters. The van der Waals surface area contributed by atoms with E-state index in [2.05, 4.69) is 11.9 Å². The van der Waals surface area contributed by atoms with Gasteiger partial charge >= 0.3 is 6.18 Å². The number of allylic oxidation sites excluding steroid dienone is 3. The molecular weight excluding hydrogens is 231 g/mol. The third-order valence-corrected chi connectivity index (χ3v) is 1.95. The van der Waals surface area contributed by atoms with Gasteiger partial charge in [0.1, 0.15) is 0 Å². The summed E-state index contributed by atoms with van der Waals surface area (Å²) in [5.74, 6) is 0. The first-order valence-corrected chi connectivity index (χ1v) is 5.22. The van der Waals surface area contributed by atoms with E-state index in [-0.39, 0.29) is 6.54 Å². The van der Waals surface area contributed by atoms with Gasteiger partial charge in [0, 0.05) is 12.1 Å². The second-order valence-electron chi connectivity index (χ2n) is 3.42. The number of halogens is 3. The normalized spacial score (nSPS) is 12.8. The Morgan fingerprint density at radius 3 is 2.47 bits per heavy atom. The van der Waals surface area contributed by atoms with E-state index >= 15 is 0 Å². The fourth-order valence-corrected chi connectivity index (χ4v) is 0.991. The Kier molecular flexibility index (Phi) is 7.02. The van der Waals surface area contributed by atoms with Crippen LogP contribution in [0.15, 0.2) is 36.0 Å². The quantitative estimate of drug-likeness (QED) is 0.543. The molecule has 0 aliphatic heterocycles. The van der Waals surface area contributed by atoms with Crippen molar-refractivity contribution in [2.75, 3.05) is 6.54 Å². The van der Waals surface area contributed by atoms with Crippen LogP contribution in [0.1, 0.15) is 19.8 Å². The minimum atomic E-state index is -4.41. The van der Waals surface area contributed by atoms with E-state index in [0.29, 0.717) is 12.0 Å². The zero-order valence-electron chi connectivity index (χ0n) is 9.68. The molecular formula is C12H16F3NO. The highest BCUT2D eigenvalue weighted by Gasteiger charge is 2.29. The Hall–Kier alpha value is -1.52. The molecule has 96 valence electrons. The van der Waals surface area contributed by atoms with E-state index < -0.39 is 11.7 Å². The molecule has 0 aliphatic carbocycles. The molecule has 0 fully saturated rings. The van der Waals surface area contributed by atoms with Crippen molar-refractivity contribution in [2.45, 2.75) is 25.9 Å². The second kappa shape index (κ2) is 7.70. The van der Waals surface area contributed by atoms with Crippen molar-refractivity contribution in [2.24, 2.45) is 0 Å². The van der Waals surface area contributed by atoms with Crippen LogP contribution in [0.25, 0.3) is 0 Å². The van der Waals surface area contributed by atoms with Gasteiger partial charge in [0.2, 0.25) is 6.41 Å². The van der Waals surface area contributed by atoms with Gasteiger partial charge in [-0.1, -0.05) is 38.2 Å². The molecule has 17 heavy (non-hydrogen) atoms. The van der Waals surface area contributed by atoms with Gasteiger partial charge in [-0.05, 0) is 12.0 Å². The SMILES string of the molecule is C=C(/C=C\C(=C/CCC)CNC=O)C(F)(F)F. The van der Waals surface area contributed by atoms with Crippen molar-refractivity contribution in [3.05, 3.63) is 36.0 Å². The summed E-state index contributed by atoms with van der Waals surface area (Å²) < 4.78 is 36.5. The van der Waals surface area contributed by atoms with Gasteiger partial charge in [0.05, 0.1) is 0 Å². The molecule has 0 saturated heterocycles. The molecule has 0 heterocycles. The van der Waals surface area contributed by atoms with E-state index in [1.165, 1.54) is 6.08 Å². The summed E-state index contributed by atoms with van der Waals surface area (Å²) in [7, 11) is 0. The number of rotatable bonds is 7. The van der Waals surface area contributed by atoms with Crippen LogP contribution in [0.5, 0.6) is 0 Å². The van der Waals surface area contributed by atoms with E-state index in [9.17, 15) is 18.0 Å². The lowest BCUT2D eigenvalue weighted by molar-refractivity contribution is -0.109. The van der Waals surface area contributed by atoms with E-state index in [4.69, 9.17) is 0 Å². The van der Waals surface area contributed by atoms with Crippen LogP contribution in [-0.4, -0.2) is 19.1 Å². The molecule has 0 saturated carbocycles. The highest BCUT2D eigenvalue weighted by molar-refractivity contribution is 5.47. The molecule has 5 heteroatoms. The number of carbonyl (C=O) groups excluding carboxylic acids is 1. The minimum absolute atomic E-state index is 0.213. The maximum absolute atomic E-state index is 12.2. The fourth-order valence-electron chi connectivity index (χ4n) is 0.991. The van der Waals surface area contributed by atoms with Crippen LogP contribution >= 0.6 is 0 Å². The average molecular weight is 247 g/mol. The van der Waals surface area contributed by atoms with Gasteiger partial charge in [0.15, 0.2) is 0 Å². The minimum Gasteiger partial charge on any atom is -0.355 e. The smallest absolute Gasteiger partial charge is 0.355 e. The number of hydrogen-bond donors (Lipinski definition) is 1. The predicted octanol–water partition coefficient (Wildman–Crippen LogP) is 3.13. The Morgan fingerprint density at radius 2 is 2.00 bits per heavy atom. The lowest BCUT2D eigenvalue weighted by Gasteiger charge is -2.06. The number of unbranched alkanes of at least 4 members (excludes halogenated alkanes) is 1. The van der Waals surface area contributed by atoms with Crippen LogP contribution in [0.2, 0.25) is 0 Å². The Balaban J connectivity index is 4.57. The van der Waals surface area contributed by atoms with Gasteiger partial charge in [-0.3, -0.25) is 4.79 Å². The van der Waals surface area contributed by atoms with E-state index in [0.717, 1.165) is 18.9 Å². The average Bonchev–Trinajstić information content (AvgIpc) is 2.26. The van der Waals surface area contributed by atoms with Gasteiger partial charge in [-0.25, -0.2) is 0 Å². The highest BCUT2D eigenvalue weighted by Crippen LogP contribution is 2.25. The summed E-state index contributed by atoms with van der Waals surface area (Å²) in [5, 5.41) is 2.41. The van der Waals surface area contributed by atoms with Gasteiger partial charge < -0.3 is 5.32 Å². The van der Waals surface area contributed by atoms with Gasteiger partial charge in [-0.15, -0.1) is 0 Å². The topological polar surface area (TPSA) is 29.1 Å². The zero-order valence-corrected chi connectivity index (χ0v) is 9.68. The van der Waals surface area contributed by atoms with Crippen LogP contribution in [0.3, 0.4) is 0 Å². The molecule has 2 nitrogen and oxygen atoms in total. The first-order chi connectivity index (χ1) is 7.91. The van der Waals surface area contributed by atoms with Crippen LogP contribution in [0, 0.1) is 0 Å². The Bertz CT molecular complexity index is 316. The van der Waals surface area contributed by atoms with Crippen molar-refractivity contribution in [3.8, 4) is 0 Å². The van der Waals surface area contributed by atoms with Crippen molar-refractivity contribution in [1.29, 1.82) is 0 Å². The Labute approximate surface area is 98.9 Å². The molecule has 0 aliphatic rings. The monoisotopic (exact) mass is 247 g/mol. The van der Waals surface area contributed by atoms with Crippen LogP contribution < -0.4 is 5.32 Å². The highest BCUT2D eigenvalue weighted by atomic mass is 19.4. The summed E-state index contributed by atoms with van der Waals surface area (Å²) in [4.78, 5) is 10.1. The summed E-state index contributed by atoms with van der Waals surface area (Å²) in [6.07, 6.45) is 1.75. The Morgan fingerprint density at radius 1 is 1.35 bits per heavy atom. The van der Waals surface area contributed by atoms with Crippen molar-refractivity contribution in [1.82, 2.24) is 5.32 Å². The molecule has 0 bridgehead atoms. The van der Waals surface area contributed by atoms with Crippen molar-refractivity contribution >= 4 is 6.41 Å². The molecule has 0 rings (SSSR count). The van der Waals surface area contributed by atoms with Gasteiger partial charge in [-0.2, -0.15) is 13.2 Å². The first-order valence-electron chi connectivity index (χ1n) is 5.22. The van der Waals surface area contributed by atoms with Gasteiger partial charge in [0.25, 0.3) is 0 Å². The van der Waals surface area contributed by atoms with Crippen LogP contribution in [-0.2, 0) is 4.79 Å². The fraction of sp³-hybridized carbons (Fsp3) is 0.417. The zero-order chi connectivity index (χ0) is 13.3. The summed E-state index contributed by atoms with van der Waals surface area (Å²) in [5.41, 5.74) is -0.282. The number of amides is 1. The molecule has 0 radical (unpaired) electrons. The number of nitrogens with one attached hydrogen (secondary N) is 1. The molecule has 0 unspecified atom stereocenters. The number of hydrogen-bond acceptors (Lipinski definition) is 1. The predicted molar refractivity (Wildman–Crippen MR) is 61.4 cm³/mol. The molecule has 0 aromatic heterocycles. The maximum atomic E-state index is 12.2.